The highest BCUT2D eigenvalue weighted by Crippen LogP contribution is 2.33. The third kappa shape index (κ3) is 4.30. The molecule has 1 saturated carbocycles. The lowest BCUT2D eigenvalue weighted by Crippen LogP contribution is -2.62. The first kappa shape index (κ1) is 22.2. The molecule has 6 rings (SSSR count). The number of nitrogens with zero attached hydrogens (tertiary/aromatic N) is 5. The summed E-state index contributed by atoms with van der Waals surface area (Å²) in [5.74, 6) is 0.645. The Labute approximate surface area is 208 Å². The molecule has 4 aromatic rings. The van der Waals surface area contributed by atoms with Crippen molar-refractivity contribution in [3.8, 4) is 0 Å². The van der Waals surface area contributed by atoms with Gasteiger partial charge in [0.2, 0.25) is 5.91 Å². The van der Waals surface area contributed by atoms with Crippen molar-refractivity contribution >= 4 is 45.0 Å². The molecule has 3 heterocycles. The van der Waals surface area contributed by atoms with Gasteiger partial charge in [0, 0.05) is 47.2 Å². The van der Waals surface area contributed by atoms with Crippen LogP contribution < -0.4 is 5.73 Å². The van der Waals surface area contributed by atoms with Gasteiger partial charge in [-0.1, -0.05) is 36.6 Å². The minimum atomic E-state index is 0.169. The minimum absolute atomic E-state index is 0.169. The van der Waals surface area contributed by atoms with Crippen molar-refractivity contribution in [3.05, 3.63) is 71.3 Å². The molecule has 2 aromatic heterocycles. The molecular weight excluding hydrogens is 460 g/mol. The third-order valence-electron chi connectivity index (χ3n) is 7.41. The number of nitrogen functional groups attached to an aromatic ring is 1. The summed E-state index contributed by atoms with van der Waals surface area (Å²) in [4.78, 5) is 31.0. The zero-order chi connectivity index (χ0) is 23.9. The van der Waals surface area contributed by atoms with Crippen molar-refractivity contribution in [2.45, 2.75) is 50.9 Å². The molecule has 0 bridgehead atoms. The maximum Gasteiger partial charge on any atom is 0.237 e. The van der Waals surface area contributed by atoms with E-state index in [9.17, 15) is 4.79 Å². The summed E-state index contributed by atoms with van der Waals surface area (Å²) in [6.07, 6.45) is 7.82. The van der Waals surface area contributed by atoms with Crippen LogP contribution in [0.2, 0.25) is 5.02 Å². The average molecular weight is 487 g/mol. The molecule has 2 fully saturated rings. The normalized spacial score (nSPS) is 20.9. The molecule has 35 heavy (non-hydrogen) atoms. The number of pyridine rings is 1. The number of rotatable bonds is 4. The number of benzene rings is 2. The van der Waals surface area contributed by atoms with Gasteiger partial charge in [-0.2, -0.15) is 0 Å². The van der Waals surface area contributed by atoms with Crippen molar-refractivity contribution in [1.29, 1.82) is 0 Å². The molecule has 1 aliphatic heterocycles. The molecule has 2 aromatic carbocycles. The lowest BCUT2D eigenvalue weighted by atomic mass is 9.85. The number of amides is 1. The van der Waals surface area contributed by atoms with Gasteiger partial charge >= 0.3 is 0 Å². The topological polar surface area (TPSA) is 88.2 Å². The molecule has 2 atom stereocenters. The van der Waals surface area contributed by atoms with E-state index in [1.54, 1.807) is 0 Å². The summed E-state index contributed by atoms with van der Waals surface area (Å²) < 4.78 is 0. The largest absolute Gasteiger partial charge is 0.383 e. The number of halogens is 1. The maximum atomic E-state index is 13.4. The average Bonchev–Trinajstić information content (AvgIpc) is 2.86. The Hall–Kier alpha value is -3.29. The molecule has 2 N–H and O–H groups in total. The first-order valence-electron chi connectivity index (χ1n) is 12.1. The van der Waals surface area contributed by atoms with Crippen LogP contribution in [-0.4, -0.2) is 49.3 Å². The Morgan fingerprint density at radius 2 is 1.80 bits per heavy atom. The minimum Gasteiger partial charge on any atom is -0.383 e. The van der Waals surface area contributed by atoms with Crippen LogP contribution in [-0.2, 0) is 17.9 Å². The number of fused-ring (bicyclic) bond motifs is 3. The summed E-state index contributed by atoms with van der Waals surface area (Å²) in [5, 5.41) is 3.69. The number of aromatic nitrogens is 3. The Kier molecular flexibility index (Phi) is 5.74. The van der Waals surface area contributed by atoms with E-state index in [0.717, 1.165) is 52.2 Å². The zero-order valence-corrected chi connectivity index (χ0v) is 20.2. The molecule has 8 heteroatoms. The van der Waals surface area contributed by atoms with Gasteiger partial charge in [-0.3, -0.25) is 14.7 Å². The second kappa shape index (κ2) is 9.06. The van der Waals surface area contributed by atoms with Gasteiger partial charge in [0.05, 0.1) is 17.8 Å². The number of hydrogen-bond acceptors (Lipinski definition) is 6. The SMILES string of the molecule is Nc1ncnc2cc(CN3C(=O)CN(Cc4cc5ccc(Cl)cc5cn4)C4CCCCC43)ccc12. The lowest BCUT2D eigenvalue weighted by molar-refractivity contribution is -0.147. The molecule has 2 aliphatic rings. The number of nitrogens with two attached hydrogens (primary N) is 1. The Morgan fingerprint density at radius 3 is 2.69 bits per heavy atom. The monoisotopic (exact) mass is 486 g/mol. The summed E-state index contributed by atoms with van der Waals surface area (Å²) >= 11 is 6.12. The van der Waals surface area contributed by atoms with Crippen LogP contribution in [0.3, 0.4) is 0 Å². The van der Waals surface area contributed by atoms with E-state index < -0.39 is 0 Å². The van der Waals surface area contributed by atoms with Crippen molar-refractivity contribution in [2.24, 2.45) is 0 Å². The van der Waals surface area contributed by atoms with Gasteiger partial charge in [-0.15, -0.1) is 0 Å². The van der Waals surface area contributed by atoms with Crippen LogP contribution in [0.25, 0.3) is 21.7 Å². The molecule has 178 valence electrons. The molecule has 1 amide bonds. The van der Waals surface area contributed by atoms with Gasteiger partial charge < -0.3 is 10.6 Å². The quantitative estimate of drug-likeness (QED) is 0.454. The molecule has 0 radical (unpaired) electrons. The summed E-state index contributed by atoms with van der Waals surface area (Å²) in [7, 11) is 0. The van der Waals surface area contributed by atoms with Gasteiger partial charge in [-0.25, -0.2) is 9.97 Å². The van der Waals surface area contributed by atoms with E-state index in [0.29, 0.717) is 36.5 Å². The highest BCUT2D eigenvalue weighted by atomic mass is 35.5. The van der Waals surface area contributed by atoms with Crippen molar-refractivity contribution in [1.82, 2.24) is 24.8 Å². The van der Waals surface area contributed by atoms with E-state index in [-0.39, 0.29) is 11.9 Å². The van der Waals surface area contributed by atoms with Crippen molar-refractivity contribution in [3.63, 3.8) is 0 Å². The van der Waals surface area contributed by atoms with Crippen LogP contribution in [0.4, 0.5) is 5.82 Å². The van der Waals surface area contributed by atoms with Crippen LogP contribution in [0, 0.1) is 0 Å². The molecule has 7 nitrogen and oxygen atoms in total. The van der Waals surface area contributed by atoms with Gasteiger partial charge in [0.15, 0.2) is 0 Å². The highest BCUT2D eigenvalue weighted by Gasteiger charge is 2.41. The number of anilines is 1. The molecular formula is C27H27ClN6O. The van der Waals surface area contributed by atoms with E-state index in [1.165, 1.54) is 12.7 Å². The van der Waals surface area contributed by atoms with Crippen LogP contribution >= 0.6 is 11.6 Å². The third-order valence-corrected chi connectivity index (χ3v) is 7.65. The highest BCUT2D eigenvalue weighted by molar-refractivity contribution is 6.31. The standard InChI is InChI=1S/C27H27ClN6O/c28-20-7-6-18-11-21(30-12-19(18)10-20)14-33-15-26(35)34(25-4-2-1-3-24(25)33)13-17-5-8-22-23(9-17)31-16-32-27(22)29/h5-12,16,24-25H,1-4,13-15H2,(H2,29,31,32). The second-order valence-electron chi connectivity index (χ2n) is 9.62. The number of carbonyl (C=O) groups is 1. The summed E-state index contributed by atoms with van der Waals surface area (Å²) in [5.41, 5.74) is 8.84. The Balaban J connectivity index is 1.24. The Morgan fingerprint density at radius 1 is 0.943 bits per heavy atom. The fraction of sp³-hybridized carbons (Fsp3) is 0.333. The number of carbonyl (C=O) groups excluding carboxylic acids is 1. The fourth-order valence-electron chi connectivity index (χ4n) is 5.70. The second-order valence-corrected chi connectivity index (χ2v) is 10.1. The maximum absolute atomic E-state index is 13.4. The smallest absolute Gasteiger partial charge is 0.237 e. The first-order valence-corrected chi connectivity index (χ1v) is 12.5. The zero-order valence-electron chi connectivity index (χ0n) is 19.4. The Bertz CT molecular complexity index is 1430. The first-order chi connectivity index (χ1) is 17.0. The summed E-state index contributed by atoms with van der Waals surface area (Å²) in [6.45, 7) is 1.67. The van der Waals surface area contributed by atoms with Crippen molar-refractivity contribution in [2.75, 3.05) is 12.3 Å². The van der Waals surface area contributed by atoms with Crippen LogP contribution in [0.5, 0.6) is 0 Å². The summed E-state index contributed by atoms with van der Waals surface area (Å²) in [6, 6.07) is 14.5. The van der Waals surface area contributed by atoms with E-state index in [4.69, 9.17) is 17.3 Å². The van der Waals surface area contributed by atoms with Crippen LogP contribution in [0.15, 0.2) is 55.0 Å². The molecule has 1 aliphatic carbocycles. The van der Waals surface area contributed by atoms with Crippen LogP contribution in [0.1, 0.15) is 36.9 Å². The lowest BCUT2D eigenvalue weighted by Gasteiger charge is -2.49. The van der Waals surface area contributed by atoms with Gasteiger partial charge in [0.1, 0.15) is 12.1 Å². The van der Waals surface area contributed by atoms with E-state index >= 15 is 0 Å². The molecule has 2 unspecified atom stereocenters. The predicted molar refractivity (Wildman–Crippen MR) is 138 cm³/mol. The fourth-order valence-corrected chi connectivity index (χ4v) is 5.88. The van der Waals surface area contributed by atoms with Gasteiger partial charge in [-0.05, 0) is 54.1 Å². The molecule has 1 saturated heterocycles. The molecule has 0 spiro atoms. The number of piperazine rings is 1. The van der Waals surface area contributed by atoms with Gasteiger partial charge in [0.25, 0.3) is 0 Å². The van der Waals surface area contributed by atoms with E-state index in [2.05, 4.69) is 30.8 Å². The number of hydrogen-bond donors (Lipinski definition) is 1. The van der Waals surface area contributed by atoms with Crippen molar-refractivity contribution < 1.29 is 4.79 Å². The van der Waals surface area contributed by atoms with E-state index in [1.807, 2.05) is 42.6 Å². The predicted octanol–water partition coefficient (Wildman–Crippen LogP) is 4.57.